The molecule has 2 aromatic rings. The van der Waals surface area contributed by atoms with Crippen LogP contribution in [0.3, 0.4) is 0 Å². The van der Waals surface area contributed by atoms with E-state index >= 15 is 0 Å². The number of Topliss-reactive ketones (excluding diaryl/α,β-unsaturated/α-hetero) is 1. The third-order valence-corrected chi connectivity index (χ3v) is 11.2. The number of aliphatic carboxylic acids is 1. The molecule has 6 amide bonds. The molecule has 2 saturated heterocycles. The van der Waals surface area contributed by atoms with Gasteiger partial charge in [0, 0.05) is 31.1 Å². The highest BCUT2D eigenvalue weighted by atomic mass is 32.2. The van der Waals surface area contributed by atoms with Gasteiger partial charge in [0.2, 0.25) is 5.91 Å². The lowest BCUT2D eigenvalue weighted by atomic mass is 10.0. The number of fused-ring (bicyclic) bond motifs is 1. The van der Waals surface area contributed by atoms with Crippen LogP contribution in [0.4, 0.5) is 4.79 Å². The van der Waals surface area contributed by atoms with Crippen molar-refractivity contribution in [3.63, 3.8) is 0 Å². The molecule has 5 rings (SSSR count). The van der Waals surface area contributed by atoms with Crippen molar-refractivity contribution in [2.45, 2.75) is 49.0 Å². The van der Waals surface area contributed by atoms with Gasteiger partial charge in [0.1, 0.15) is 27.9 Å². The predicted octanol–water partition coefficient (Wildman–Crippen LogP) is 0.183. The SMILES string of the molecule is CCN1CCN(C(=O)NC(C(C)=O)C(=O)Oc2ccc(CC(=O)NC3C(=O)N4C(C(=O)O)=C(CSc5nnc(C)s5)CS[C@@H]34)cc2)C(=O)C1=O. The molecule has 0 spiro atoms. The number of aryl methyl sites for hydroxylation is 1. The molecule has 264 valence electrons. The van der Waals surface area contributed by atoms with Gasteiger partial charge in [-0.2, -0.15) is 0 Å². The quantitative estimate of drug-likeness (QED) is 0.0659. The highest BCUT2D eigenvalue weighted by Crippen LogP contribution is 2.41. The van der Waals surface area contributed by atoms with Gasteiger partial charge in [0.05, 0.1) is 6.42 Å². The van der Waals surface area contributed by atoms with E-state index in [-0.39, 0.29) is 37.5 Å². The first-order valence-electron chi connectivity index (χ1n) is 15.1. The zero-order valence-corrected chi connectivity index (χ0v) is 29.3. The number of esters is 1. The first kappa shape index (κ1) is 36.5. The number of piperazine rings is 1. The Kier molecular flexibility index (Phi) is 11.2. The van der Waals surface area contributed by atoms with Gasteiger partial charge in [0.25, 0.3) is 5.91 Å². The highest BCUT2D eigenvalue weighted by Gasteiger charge is 2.54. The summed E-state index contributed by atoms with van der Waals surface area (Å²) in [6.45, 7) is 4.83. The number of aromatic nitrogens is 2. The number of likely N-dealkylation sites (N-methyl/N-ethyl adjacent to an activating group) is 1. The Morgan fingerprint density at radius 2 is 1.80 bits per heavy atom. The van der Waals surface area contributed by atoms with Crippen LogP contribution in [0.1, 0.15) is 24.4 Å². The number of benzene rings is 1. The number of rotatable bonds is 12. The lowest BCUT2D eigenvalue weighted by Crippen LogP contribution is -2.70. The van der Waals surface area contributed by atoms with Crippen LogP contribution in [-0.4, -0.2) is 126 Å². The number of hydrogen-bond acceptors (Lipinski definition) is 14. The number of ketones is 1. The summed E-state index contributed by atoms with van der Waals surface area (Å²) < 4.78 is 5.94. The van der Waals surface area contributed by atoms with Gasteiger partial charge in [-0.25, -0.2) is 14.4 Å². The van der Waals surface area contributed by atoms with Crippen molar-refractivity contribution in [3.8, 4) is 5.75 Å². The van der Waals surface area contributed by atoms with Crippen molar-refractivity contribution in [1.29, 1.82) is 0 Å². The van der Waals surface area contributed by atoms with Gasteiger partial charge in [-0.3, -0.25) is 33.8 Å². The number of nitrogens with zero attached hydrogens (tertiary/aromatic N) is 5. The molecular formula is C30H31N7O10S3. The van der Waals surface area contributed by atoms with Crippen LogP contribution in [0.2, 0.25) is 0 Å². The Morgan fingerprint density at radius 1 is 1.08 bits per heavy atom. The van der Waals surface area contributed by atoms with Gasteiger partial charge in [0.15, 0.2) is 16.2 Å². The molecule has 0 bridgehead atoms. The lowest BCUT2D eigenvalue weighted by Gasteiger charge is -2.49. The number of ether oxygens (including phenoxy) is 1. The van der Waals surface area contributed by atoms with E-state index in [9.17, 15) is 43.5 Å². The summed E-state index contributed by atoms with van der Waals surface area (Å²) in [5, 5.41) is 22.9. The van der Waals surface area contributed by atoms with Gasteiger partial charge in [-0.05, 0) is 44.0 Å². The number of carboxylic acid groups (broad SMARTS) is 1. The van der Waals surface area contributed by atoms with Crippen molar-refractivity contribution in [2.24, 2.45) is 0 Å². The number of β-lactam (4-membered cyclic amide) rings is 1. The molecule has 2 unspecified atom stereocenters. The molecule has 1 aromatic carbocycles. The number of carboxylic acids is 1. The standard InChI is InChI=1S/C30H31N7O10S3/c1-4-35-9-10-36(25(42)24(35)41)29(46)32-20(14(2)38)28(45)47-18-7-5-16(6-8-18)11-19(39)31-21-23(40)37-22(27(43)44)17(12-48-26(21)37)13-49-30-34-33-15(3)50-30/h5-8,20-21,26H,4,9-13H2,1-3H3,(H,31,39)(H,32,46)(H,43,44)/t20?,21?,26-/m0/s1. The summed E-state index contributed by atoms with van der Waals surface area (Å²) in [6.07, 6.45) is -0.148. The summed E-state index contributed by atoms with van der Waals surface area (Å²) in [5.74, 6) is -5.43. The number of thioether (sulfide) groups is 2. The largest absolute Gasteiger partial charge is 0.477 e. The normalized spacial score (nSPS) is 19.4. The second kappa shape index (κ2) is 15.4. The van der Waals surface area contributed by atoms with E-state index in [1.807, 2.05) is 6.92 Å². The van der Waals surface area contributed by atoms with Gasteiger partial charge in [-0.1, -0.05) is 35.2 Å². The molecule has 1 aromatic heterocycles. The summed E-state index contributed by atoms with van der Waals surface area (Å²) in [4.78, 5) is 103. The average molecular weight is 746 g/mol. The van der Waals surface area contributed by atoms with Gasteiger partial charge >= 0.3 is 29.8 Å². The zero-order valence-electron chi connectivity index (χ0n) is 26.9. The number of carbonyl (C=O) groups excluding carboxylic acids is 7. The number of carbonyl (C=O) groups is 8. The number of amides is 6. The molecule has 0 saturated carbocycles. The van der Waals surface area contributed by atoms with E-state index in [4.69, 9.17) is 4.74 Å². The molecule has 3 aliphatic heterocycles. The number of hydrogen-bond donors (Lipinski definition) is 3. The molecule has 20 heteroatoms. The zero-order chi connectivity index (χ0) is 36.3. The molecular weight excluding hydrogens is 715 g/mol. The fourth-order valence-electron chi connectivity index (χ4n) is 5.24. The summed E-state index contributed by atoms with van der Waals surface area (Å²) >= 11 is 4.09. The Hall–Kier alpha value is -4.82. The lowest BCUT2D eigenvalue weighted by molar-refractivity contribution is -0.153. The van der Waals surface area contributed by atoms with Crippen LogP contribution < -0.4 is 15.4 Å². The number of imide groups is 1. The fraction of sp³-hybridized carbons (Fsp3) is 0.400. The van der Waals surface area contributed by atoms with Crippen molar-refractivity contribution >= 4 is 82.2 Å². The average Bonchev–Trinajstić information content (AvgIpc) is 3.50. The van der Waals surface area contributed by atoms with Gasteiger partial charge in [-0.15, -0.1) is 22.0 Å². The smallest absolute Gasteiger partial charge is 0.352 e. The molecule has 3 aliphatic rings. The molecule has 50 heavy (non-hydrogen) atoms. The first-order valence-corrected chi connectivity index (χ1v) is 18.0. The molecule has 4 heterocycles. The predicted molar refractivity (Wildman–Crippen MR) is 178 cm³/mol. The van der Waals surface area contributed by atoms with E-state index in [1.165, 1.54) is 68.9 Å². The molecule has 17 nitrogen and oxygen atoms in total. The Balaban J connectivity index is 1.13. The minimum absolute atomic E-state index is 0.00546. The summed E-state index contributed by atoms with van der Waals surface area (Å²) in [7, 11) is 0. The van der Waals surface area contributed by atoms with E-state index < -0.39 is 64.8 Å². The third-order valence-electron chi connectivity index (χ3n) is 7.80. The summed E-state index contributed by atoms with van der Waals surface area (Å²) in [6, 6.07) is 1.94. The Bertz CT molecular complexity index is 1800. The second-order valence-electron chi connectivity index (χ2n) is 11.2. The Morgan fingerprint density at radius 3 is 2.42 bits per heavy atom. The van der Waals surface area contributed by atoms with Crippen LogP contribution in [0.15, 0.2) is 39.9 Å². The fourth-order valence-corrected chi connectivity index (χ4v) is 8.54. The Labute approximate surface area is 297 Å². The topological polar surface area (TPSA) is 226 Å². The highest BCUT2D eigenvalue weighted by molar-refractivity contribution is 8.01. The van der Waals surface area contributed by atoms with E-state index in [0.29, 0.717) is 31.9 Å². The van der Waals surface area contributed by atoms with Crippen LogP contribution >= 0.6 is 34.9 Å². The van der Waals surface area contributed by atoms with Crippen molar-refractivity contribution < 1.29 is 48.2 Å². The molecule has 2 fully saturated rings. The number of nitrogens with one attached hydrogen (secondary N) is 2. The van der Waals surface area contributed by atoms with Crippen LogP contribution in [0.5, 0.6) is 5.75 Å². The third kappa shape index (κ3) is 7.81. The minimum atomic E-state index is -1.76. The minimum Gasteiger partial charge on any atom is -0.477 e. The monoisotopic (exact) mass is 745 g/mol. The molecule has 3 atom stereocenters. The molecule has 0 aliphatic carbocycles. The van der Waals surface area contributed by atoms with E-state index in [0.717, 1.165) is 11.9 Å². The van der Waals surface area contributed by atoms with Gasteiger partial charge < -0.3 is 25.4 Å². The molecule has 3 N–H and O–H groups in total. The first-order chi connectivity index (χ1) is 23.8. The second-order valence-corrected chi connectivity index (χ2v) is 14.7. The van der Waals surface area contributed by atoms with Crippen molar-refractivity contribution in [3.05, 3.63) is 46.1 Å². The maximum Gasteiger partial charge on any atom is 0.352 e. The maximum atomic E-state index is 13.0. The number of urea groups is 1. The van der Waals surface area contributed by atoms with Crippen LogP contribution in [0, 0.1) is 6.92 Å². The van der Waals surface area contributed by atoms with E-state index in [2.05, 4.69) is 20.8 Å². The summed E-state index contributed by atoms with van der Waals surface area (Å²) in [5.41, 5.74) is 0.975. The van der Waals surface area contributed by atoms with Crippen LogP contribution in [0.25, 0.3) is 0 Å². The maximum absolute atomic E-state index is 13.0. The molecule has 0 radical (unpaired) electrons. The van der Waals surface area contributed by atoms with Crippen molar-refractivity contribution in [1.82, 2.24) is 35.5 Å². The van der Waals surface area contributed by atoms with Crippen molar-refractivity contribution in [2.75, 3.05) is 31.1 Å². The van der Waals surface area contributed by atoms with E-state index in [1.54, 1.807) is 6.92 Å². The van der Waals surface area contributed by atoms with Crippen LogP contribution in [-0.2, 0) is 40.0 Å².